The number of anilines is 1. The van der Waals surface area contributed by atoms with Crippen molar-refractivity contribution in [3.8, 4) is 16.9 Å². The van der Waals surface area contributed by atoms with Crippen LogP contribution in [0, 0.1) is 0 Å². The fourth-order valence-electron chi connectivity index (χ4n) is 2.47. The maximum absolute atomic E-state index is 12.5. The highest BCUT2D eigenvalue weighted by atomic mass is 35.5. The van der Waals surface area contributed by atoms with Gasteiger partial charge < -0.3 is 14.8 Å². The number of aromatic nitrogens is 1. The molecule has 0 fully saturated rings. The highest BCUT2D eigenvalue weighted by molar-refractivity contribution is 7.15. The third kappa shape index (κ3) is 4.68. The molecule has 3 aromatic rings. The number of hydrogen-bond donors (Lipinski definition) is 1. The second-order valence-corrected chi connectivity index (χ2v) is 6.81. The zero-order valence-corrected chi connectivity index (χ0v) is 16.5. The van der Waals surface area contributed by atoms with Crippen LogP contribution in [0.25, 0.3) is 11.1 Å². The van der Waals surface area contributed by atoms with Gasteiger partial charge in [-0.25, -0.2) is 9.78 Å². The maximum Gasteiger partial charge on any atom is 0.341 e. The predicted octanol–water partition coefficient (Wildman–Crippen LogP) is 4.66. The van der Waals surface area contributed by atoms with Crippen LogP contribution in [0.5, 0.6) is 5.75 Å². The van der Waals surface area contributed by atoms with Crippen LogP contribution in [0.2, 0.25) is 5.15 Å². The molecule has 28 heavy (non-hydrogen) atoms. The summed E-state index contributed by atoms with van der Waals surface area (Å²) < 4.78 is 10.6. The average Bonchev–Trinajstić information content (AvgIpc) is 3.12. The average molecular weight is 417 g/mol. The normalized spacial score (nSPS) is 10.4. The van der Waals surface area contributed by atoms with Crippen molar-refractivity contribution in [1.82, 2.24) is 4.98 Å². The summed E-state index contributed by atoms with van der Waals surface area (Å²) >= 11 is 7.17. The van der Waals surface area contributed by atoms with Crippen molar-refractivity contribution in [2.45, 2.75) is 6.92 Å². The molecule has 0 unspecified atom stereocenters. The molecule has 0 saturated carbocycles. The third-order valence-electron chi connectivity index (χ3n) is 3.69. The van der Waals surface area contributed by atoms with E-state index in [2.05, 4.69) is 10.3 Å². The number of pyridine rings is 1. The predicted molar refractivity (Wildman–Crippen MR) is 109 cm³/mol. The number of nitrogens with one attached hydrogen (secondary N) is 1. The molecule has 0 aliphatic heterocycles. The monoisotopic (exact) mass is 416 g/mol. The minimum absolute atomic E-state index is 0.171. The lowest BCUT2D eigenvalue weighted by Crippen LogP contribution is -2.21. The molecule has 2 heterocycles. The summed E-state index contributed by atoms with van der Waals surface area (Å²) in [5.41, 5.74) is 1.89. The molecule has 1 aromatic carbocycles. The van der Waals surface area contributed by atoms with Crippen LogP contribution in [0.15, 0.2) is 54.0 Å². The molecule has 0 radical (unpaired) electrons. The number of thiophene rings is 1. The van der Waals surface area contributed by atoms with Crippen LogP contribution in [-0.2, 0) is 9.53 Å². The largest absolute Gasteiger partial charge is 0.481 e. The molecular weight excluding hydrogens is 400 g/mol. The lowest BCUT2D eigenvalue weighted by atomic mass is 10.0. The van der Waals surface area contributed by atoms with Crippen molar-refractivity contribution < 1.29 is 19.1 Å². The van der Waals surface area contributed by atoms with Crippen molar-refractivity contribution in [2.75, 3.05) is 18.5 Å². The second kappa shape index (κ2) is 9.34. The fourth-order valence-corrected chi connectivity index (χ4v) is 3.62. The van der Waals surface area contributed by atoms with E-state index in [1.54, 1.807) is 19.1 Å². The van der Waals surface area contributed by atoms with Crippen LogP contribution in [-0.4, -0.2) is 30.1 Å². The van der Waals surface area contributed by atoms with Crippen molar-refractivity contribution in [2.24, 2.45) is 0 Å². The Labute approximate surface area is 171 Å². The number of nitrogens with zero attached hydrogens (tertiary/aromatic N) is 1. The summed E-state index contributed by atoms with van der Waals surface area (Å²) in [7, 11) is 0. The molecule has 144 valence electrons. The van der Waals surface area contributed by atoms with Crippen LogP contribution in [0.4, 0.5) is 5.00 Å². The highest BCUT2D eigenvalue weighted by Crippen LogP contribution is 2.36. The Bertz CT molecular complexity index is 975. The number of hydrogen-bond acceptors (Lipinski definition) is 6. The van der Waals surface area contributed by atoms with Crippen molar-refractivity contribution in [1.29, 1.82) is 0 Å². The fraction of sp³-hybridized carbons (Fsp3) is 0.150. The Morgan fingerprint density at radius 1 is 1.18 bits per heavy atom. The van der Waals surface area contributed by atoms with Crippen LogP contribution >= 0.6 is 22.9 Å². The molecule has 2 aromatic heterocycles. The van der Waals surface area contributed by atoms with Crippen LogP contribution in [0.3, 0.4) is 0 Å². The molecule has 1 N–H and O–H groups in total. The first-order chi connectivity index (χ1) is 13.6. The van der Waals surface area contributed by atoms with E-state index in [0.29, 0.717) is 21.9 Å². The molecule has 0 aliphatic rings. The topological polar surface area (TPSA) is 77.5 Å². The number of ether oxygens (including phenoxy) is 2. The van der Waals surface area contributed by atoms with E-state index in [4.69, 9.17) is 21.1 Å². The summed E-state index contributed by atoms with van der Waals surface area (Å²) in [4.78, 5) is 28.7. The maximum atomic E-state index is 12.5. The number of rotatable bonds is 7. The molecule has 3 rings (SSSR count). The van der Waals surface area contributed by atoms with Gasteiger partial charge in [-0.2, -0.15) is 0 Å². The Morgan fingerprint density at radius 3 is 2.68 bits per heavy atom. The van der Waals surface area contributed by atoms with Crippen molar-refractivity contribution in [3.63, 3.8) is 0 Å². The molecule has 0 atom stereocenters. The van der Waals surface area contributed by atoms with E-state index in [1.807, 2.05) is 35.7 Å². The summed E-state index contributed by atoms with van der Waals surface area (Å²) in [5.74, 6) is -0.609. The highest BCUT2D eigenvalue weighted by Gasteiger charge is 2.23. The van der Waals surface area contributed by atoms with E-state index in [-0.39, 0.29) is 18.4 Å². The van der Waals surface area contributed by atoms with Crippen molar-refractivity contribution in [3.05, 3.63) is 64.8 Å². The molecule has 0 aliphatic carbocycles. The summed E-state index contributed by atoms with van der Waals surface area (Å²) in [6, 6.07) is 12.7. The summed E-state index contributed by atoms with van der Waals surface area (Å²) in [5, 5.41) is 5.11. The van der Waals surface area contributed by atoms with Gasteiger partial charge >= 0.3 is 5.97 Å². The lowest BCUT2D eigenvalue weighted by molar-refractivity contribution is -0.118. The van der Waals surface area contributed by atoms with Gasteiger partial charge in [-0.15, -0.1) is 11.3 Å². The Hall–Kier alpha value is -2.90. The Morgan fingerprint density at radius 2 is 1.96 bits per heavy atom. The first-order valence-corrected chi connectivity index (χ1v) is 9.73. The molecule has 0 spiro atoms. The summed E-state index contributed by atoms with van der Waals surface area (Å²) in [6.45, 7) is 1.70. The minimum Gasteiger partial charge on any atom is -0.481 e. The molecule has 6 nitrogen and oxygen atoms in total. The second-order valence-electron chi connectivity index (χ2n) is 5.57. The third-order valence-corrected chi connectivity index (χ3v) is 4.87. The number of amides is 1. The van der Waals surface area contributed by atoms with Crippen molar-refractivity contribution >= 4 is 39.8 Å². The first-order valence-electron chi connectivity index (χ1n) is 8.47. The van der Waals surface area contributed by atoms with E-state index < -0.39 is 11.9 Å². The van der Waals surface area contributed by atoms with Gasteiger partial charge in [-0.05, 0) is 24.6 Å². The SMILES string of the molecule is CCOC(=O)c1c(-c2ccccc2)csc1NC(=O)COc1cccnc1Cl. The smallest absolute Gasteiger partial charge is 0.341 e. The molecule has 0 saturated heterocycles. The summed E-state index contributed by atoms with van der Waals surface area (Å²) in [6.07, 6.45) is 1.53. The van der Waals surface area contributed by atoms with Crippen LogP contribution in [0.1, 0.15) is 17.3 Å². The van der Waals surface area contributed by atoms with E-state index >= 15 is 0 Å². The minimum atomic E-state index is -0.492. The van der Waals surface area contributed by atoms with Gasteiger partial charge in [-0.1, -0.05) is 41.9 Å². The van der Waals surface area contributed by atoms with Gasteiger partial charge in [0, 0.05) is 17.1 Å². The number of benzene rings is 1. The molecule has 0 bridgehead atoms. The number of halogens is 1. The molecular formula is C20H17ClN2O4S. The Balaban J connectivity index is 1.79. The first kappa shape index (κ1) is 19.9. The van der Waals surface area contributed by atoms with Gasteiger partial charge in [-0.3, -0.25) is 4.79 Å². The quantitative estimate of drug-likeness (QED) is 0.447. The molecule has 8 heteroatoms. The number of carbonyl (C=O) groups excluding carboxylic acids is 2. The van der Waals surface area contributed by atoms with Gasteiger partial charge in [0.15, 0.2) is 17.5 Å². The van der Waals surface area contributed by atoms with Gasteiger partial charge in [0.25, 0.3) is 5.91 Å². The number of carbonyl (C=O) groups is 2. The van der Waals surface area contributed by atoms with Gasteiger partial charge in [0.05, 0.1) is 6.61 Å². The van der Waals surface area contributed by atoms with Gasteiger partial charge in [0.1, 0.15) is 10.6 Å². The van der Waals surface area contributed by atoms with E-state index in [1.165, 1.54) is 17.5 Å². The van der Waals surface area contributed by atoms with Crippen LogP contribution < -0.4 is 10.1 Å². The molecule has 1 amide bonds. The van der Waals surface area contributed by atoms with Gasteiger partial charge in [0.2, 0.25) is 0 Å². The van der Waals surface area contributed by atoms with E-state index in [9.17, 15) is 9.59 Å². The van der Waals surface area contributed by atoms with E-state index in [0.717, 1.165) is 5.56 Å². The zero-order valence-electron chi connectivity index (χ0n) is 15.0. The number of esters is 1. The zero-order chi connectivity index (χ0) is 19.9. The standard InChI is InChI=1S/C20H17ClN2O4S/c1-2-26-20(25)17-14(13-7-4-3-5-8-13)12-28-19(17)23-16(24)11-27-15-9-6-10-22-18(15)21/h3-10,12H,2,11H2,1H3,(H,23,24). The lowest BCUT2D eigenvalue weighted by Gasteiger charge is -2.10. The Kier molecular flexibility index (Phi) is 6.62.